The molecule has 2 aliphatic heterocycles. The van der Waals surface area contributed by atoms with Crippen LogP contribution in [0, 0.1) is 5.82 Å². The first kappa shape index (κ1) is 17.4. The van der Waals surface area contributed by atoms with Gasteiger partial charge in [0, 0.05) is 46.4 Å². The molecular weight excluding hydrogens is 353 g/mol. The number of carbonyl (C=O) groups is 1. The molecule has 0 aliphatic carbocycles. The SMILES string of the molecule is CN1C2CCC1CC(NC(=O)c1ccc(-c3c[nH]c4cc(F)ccc34)cc1)C2. The minimum absolute atomic E-state index is 0.00139. The van der Waals surface area contributed by atoms with Crippen molar-refractivity contribution < 1.29 is 9.18 Å². The fraction of sp³-hybridized carbons (Fsp3) is 0.348. The average molecular weight is 377 g/mol. The van der Waals surface area contributed by atoms with Gasteiger partial charge in [-0.1, -0.05) is 12.1 Å². The normalized spacial score (nSPS) is 24.6. The van der Waals surface area contributed by atoms with Crippen molar-refractivity contribution in [1.82, 2.24) is 15.2 Å². The van der Waals surface area contributed by atoms with E-state index in [4.69, 9.17) is 0 Å². The highest BCUT2D eigenvalue weighted by Crippen LogP contribution is 2.34. The summed E-state index contributed by atoms with van der Waals surface area (Å²) in [6.07, 6.45) is 6.46. The molecule has 2 saturated heterocycles. The van der Waals surface area contributed by atoms with Crippen LogP contribution >= 0.6 is 0 Å². The van der Waals surface area contributed by atoms with E-state index in [1.165, 1.54) is 25.0 Å². The van der Waals surface area contributed by atoms with Crippen molar-refractivity contribution in [3.05, 3.63) is 60.0 Å². The fourth-order valence-corrected chi connectivity index (χ4v) is 4.94. The molecule has 1 amide bonds. The topological polar surface area (TPSA) is 48.1 Å². The molecule has 2 unspecified atom stereocenters. The second kappa shape index (κ2) is 6.74. The van der Waals surface area contributed by atoms with Crippen molar-refractivity contribution in [2.24, 2.45) is 0 Å². The predicted molar refractivity (Wildman–Crippen MR) is 109 cm³/mol. The molecule has 0 spiro atoms. The summed E-state index contributed by atoms with van der Waals surface area (Å²) in [7, 11) is 2.21. The molecule has 5 rings (SSSR count). The van der Waals surface area contributed by atoms with Gasteiger partial charge in [-0.25, -0.2) is 4.39 Å². The minimum Gasteiger partial charge on any atom is -0.360 e. The minimum atomic E-state index is -0.254. The molecule has 2 atom stereocenters. The quantitative estimate of drug-likeness (QED) is 0.714. The molecule has 3 heterocycles. The van der Waals surface area contributed by atoms with E-state index in [0.717, 1.165) is 34.9 Å². The zero-order chi connectivity index (χ0) is 19.3. The summed E-state index contributed by atoms with van der Waals surface area (Å²) in [6.45, 7) is 0. The molecule has 28 heavy (non-hydrogen) atoms. The Labute approximate surface area is 163 Å². The van der Waals surface area contributed by atoms with Crippen LogP contribution < -0.4 is 5.32 Å². The van der Waals surface area contributed by atoms with E-state index in [0.29, 0.717) is 17.6 Å². The van der Waals surface area contributed by atoms with E-state index in [9.17, 15) is 9.18 Å². The van der Waals surface area contributed by atoms with E-state index in [1.807, 2.05) is 30.5 Å². The Morgan fingerprint density at radius 3 is 2.54 bits per heavy atom. The Bertz CT molecular complexity index is 1010. The van der Waals surface area contributed by atoms with Crippen molar-refractivity contribution in [1.29, 1.82) is 0 Å². The first-order valence-corrected chi connectivity index (χ1v) is 9.98. The molecule has 0 saturated carbocycles. The van der Waals surface area contributed by atoms with E-state index in [-0.39, 0.29) is 17.8 Å². The third-order valence-corrected chi connectivity index (χ3v) is 6.54. The van der Waals surface area contributed by atoms with Crippen LogP contribution in [0.3, 0.4) is 0 Å². The molecule has 144 valence electrons. The second-order valence-corrected chi connectivity index (χ2v) is 8.16. The second-order valence-electron chi connectivity index (χ2n) is 8.16. The smallest absolute Gasteiger partial charge is 0.251 e. The maximum Gasteiger partial charge on any atom is 0.251 e. The van der Waals surface area contributed by atoms with Gasteiger partial charge >= 0.3 is 0 Å². The molecule has 0 radical (unpaired) electrons. The van der Waals surface area contributed by atoms with Gasteiger partial charge < -0.3 is 15.2 Å². The Morgan fingerprint density at radius 2 is 1.82 bits per heavy atom. The van der Waals surface area contributed by atoms with Crippen molar-refractivity contribution in [2.45, 2.75) is 43.8 Å². The number of benzene rings is 2. The lowest BCUT2D eigenvalue weighted by molar-refractivity contribution is 0.0882. The first-order valence-electron chi connectivity index (χ1n) is 9.98. The van der Waals surface area contributed by atoms with Crippen LogP contribution in [-0.2, 0) is 0 Å². The average Bonchev–Trinajstić information content (AvgIpc) is 3.18. The third kappa shape index (κ3) is 3.00. The number of halogens is 1. The van der Waals surface area contributed by atoms with Crippen molar-refractivity contribution in [3.8, 4) is 11.1 Å². The van der Waals surface area contributed by atoms with Crippen LogP contribution in [-0.4, -0.2) is 41.0 Å². The fourth-order valence-electron chi connectivity index (χ4n) is 4.94. The van der Waals surface area contributed by atoms with Crippen LogP contribution in [0.5, 0.6) is 0 Å². The highest BCUT2D eigenvalue weighted by molar-refractivity contribution is 5.97. The maximum absolute atomic E-state index is 13.4. The molecule has 4 nitrogen and oxygen atoms in total. The van der Waals surface area contributed by atoms with Crippen molar-refractivity contribution in [3.63, 3.8) is 0 Å². The number of H-pyrrole nitrogens is 1. The number of hydrogen-bond acceptors (Lipinski definition) is 2. The highest BCUT2D eigenvalue weighted by Gasteiger charge is 2.38. The number of rotatable bonds is 3. The standard InChI is InChI=1S/C23H24FN3O/c1-27-18-7-8-19(27)12-17(11-18)26-23(28)15-4-2-14(3-5-15)21-13-25-22-10-16(24)6-9-20(21)22/h2-6,9-10,13,17-19,25H,7-8,11-12H2,1H3,(H,26,28). The van der Waals surface area contributed by atoms with Crippen molar-refractivity contribution >= 4 is 16.8 Å². The van der Waals surface area contributed by atoms with Crippen LogP contribution in [0.2, 0.25) is 0 Å². The Morgan fingerprint density at radius 1 is 1.11 bits per heavy atom. The Balaban J connectivity index is 1.31. The maximum atomic E-state index is 13.4. The molecule has 2 aliphatic rings. The summed E-state index contributed by atoms with van der Waals surface area (Å²) >= 11 is 0. The van der Waals surface area contributed by atoms with Gasteiger partial charge in [-0.15, -0.1) is 0 Å². The number of nitrogens with zero attached hydrogens (tertiary/aromatic N) is 1. The Hall–Kier alpha value is -2.66. The predicted octanol–water partition coefficient (Wildman–Crippen LogP) is 4.33. The number of aromatic amines is 1. The molecule has 3 aromatic rings. The summed E-state index contributed by atoms with van der Waals surface area (Å²) in [5.41, 5.74) is 3.47. The number of aromatic nitrogens is 1. The number of piperidine rings is 1. The van der Waals surface area contributed by atoms with Crippen LogP contribution in [0.25, 0.3) is 22.0 Å². The van der Waals surface area contributed by atoms with Gasteiger partial charge in [0.2, 0.25) is 0 Å². The number of amides is 1. The molecule has 1 aromatic heterocycles. The largest absolute Gasteiger partial charge is 0.360 e. The summed E-state index contributed by atoms with van der Waals surface area (Å²) in [6, 6.07) is 13.9. The Kier molecular flexibility index (Phi) is 4.20. The summed E-state index contributed by atoms with van der Waals surface area (Å²) in [5, 5.41) is 4.21. The lowest BCUT2D eigenvalue weighted by Gasteiger charge is -2.36. The summed E-state index contributed by atoms with van der Waals surface area (Å²) < 4.78 is 13.4. The molecule has 2 aromatic carbocycles. The summed E-state index contributed by atoms with van der Waals surface area (Å²) in [5.74, 6) is -0.253. The lowest BCUT2D eigenvalue weighted by Crippen LogP contribution is -2.48. The molecule has 2 fully saturated rings. The number of hydrogen-bond donors (Lipinski definition) is 2. The highest BCUT2D eigenvalue weighted by atomic mass is 19.1. The van der Waals surface area contributed by atoms with E-state index in [1.54, 1.807) is 6.07 Å². The number of carbonyl (C=O) groups excluding carboxylic acids is 1. The van der Waals surface area contributed by atoms with Crippen LogP contribution in [0.1, 0.15) is 36.0 Å². The lowest BCUT2D eigenvalue weighted by atomic mass is 9.97. The molecule has 2 N–H and O–H groups in total. The van der Waals surface area contributed by atoms with Crippen molar-refractivity contribution in [2.75, 3.05) is 7.05 Å². The molecule has 5 heteroatoms. The molecular formula is C23H24FN3O. The van der Waals surface area contributed by atoms with Gasteiger partial charge in [-0.3, -0.25) is 4.79 Å². The number of nitrogens with one attached hydrogen (secondary N) is 2. The number of fused-ring (bicyclic) bond motifs is 3. The third-order valence-electron chi connectivity index (χ3n) is 6.54. The van der Waals surface area contributed by atoms with Gasteiger partial charge in [-0.05, 0) is 68.6 Å². The van der Waals surface area contributed by atoms with Gasteiger partial charge in [0.05, 0.1) is 0 Å². The summed E-state index contributed by atoms with van der Waals surface area (Å²) in [4.78, 5) is 18.3. The van der Waals surface area contributed by atoms with E-state index in [2.05, 4.69) is 22.2 Å². The monoisotopic (exact) mass is 377 g/mol. The van der Waals surface area contributed by atoms with Gasteiger partial charge in [0.1, 0.15) is 5.82 Å². The van der Waals surface area contributed by atoms with Gasteiger partial charge in [0.25, 0.3) is 5.91 Å². The van der Waals surface area contributed by atoms with Gasteiger partial charge in [0.15, 0.2) is 0 Å². The molecule has 2 bridgehead atoms. The van der Waals surface area contributed by atoms with Crippen LogP contribution in [0.4, 0.5) is 4.39 Å². The van der Waals surface area contributed by atoms with E-state index >= 15 is 0 Å². The van der Waals surface area contributed by atoms with Crippen LogP contribution in [0.15, 0.2) is 48.7 Å². The van der Waals surface area contributed by atoms with E-state index < -0.39 is 0 Å². The first-order chi connectivity index (χ1) is 13.6. The zero-order valence-corrected chi connectivity index (χ0v) is 15.9. The van der Waals surface area contributed by atoms with Gasteiger partial charge in [-0.2, -0.15) is 0 Å². The zero-order valence-electron chi connectivity index (χ0n) is 15.9.